The van der Waals surface area contributed by atoms with Crippen LogP contribution in [0.1, 0.15) is 43.9 Å². The van der Waals surface area contributed by atoms with E-state index in [4.69, 9.17) is 0 Å². The molecule has 24 heavy (non-hydrogen) atoms. The highest BCUT2D eigenvalue weighted by Crippen LogP contribution is 2.26. The number of rotatable bonds is 6. The molecule has 7 heteroatoms. The molecular formula is C17H24N6O. The van der Waals surface area contributed by atoms with Crippen LogP contribution in [0.2, 0.25) is 0 Å². The van der Waals surface area contributed by atoms with Gasteiger partial charge >= 0.3 is 0 Å². The van der Waals surface area contributed by atoms with Crippen LogP contribution in [0.4, 0.5) is 5.95 Å². The molecular weight excluding hydrogens is 304 g/mol. The van der Waals surface area contributed by atoms with Gasteiger partial charge in [-0.3, -0.25) is 9.89 Å². The fourth-order valence-electron chi connectivity index (χ4n) is 3.00. The van der Waals surface area contributed by atoms with Gasteiger partial charge in [-0.1, -0.05) is 6.92 Å². The van der Waals surface area contributed by atoms with Gasteiger partial charge in [0.2, 0.25) is 11.9 Å². The Labute approximate surface area is 141 Å². The second-order valence-electron chi connectivity index (χ2n) is 6.26. The molecule has 7 nitrogen and oxygen atoms in total. The molecule has 3 N–H and O–H groups in total. The first kappa shape index (κ1) is 16.4. The molecule has 0 spiro atoms. The van der Waals surface area contributed by atoms with E-state index in [1.165, 1.54) is 0 Å². The minimum atomic E-state index is 0.0920. The smallest absolute Gasteiger partial charge is 0.223 e. The van der Waals surface area contributed by atoms with Gasteiger partial charge in [-0.15, -0.1) is 0 Å². The highest BCUT2D eigenvalue weighted by Gasteiger charge is 2.26. The zero-order chi connectivity index (χ0) is 16.8. The summed E-state index contributed by atoms with van der Waals surface area (Å²) in [6.07, 6.45) is 10.1. The highest BCUT2D eigenvalue weighted by molar-refractivity contribution is 5.78. The van der Waals surface area contributed by atoms with Crippen molar-refractivity contribution >= 4 is 11.9 Å². The lowest BCUT2D eigenvalue weighted by atomic mass is 9.85. The number of H-pyrrole nitrogens is 1. The lowest BCUT2D eigenvalue weighted by molar-refractivity contribution is -0.126. The Morgan fingerprint density at radius 1 is 1.25 bits per heavy atom. The third-order valence-electron chi connectivity index (χ3n) is 4.56. The molecule has 2 heterocycles. The van der Waals surface area contributed by atoms with Crippen molar-refractivity contribution in [3.8, 4) is 0 Å². The van der Waals surface area contributed by atoms with E-state index in [9.17, 15) is 4.79 Å². The van der Waals surface area contributed by atoms with Crippen molar-refractivity contribution in [2.45, 2.75) is 51.6 Å². The summed E-state index contributed by atoms with van der Waals surface area (Å²) in [5, 5.41) is 13.1. The summed E-state index contributed by atoms with van der Waals surface area (Å²) >= 11 is 0. The number of anilines is 1. The lowest BCUT2D eigenvalue weighted by Gasteiger charge is -2.28. The van der Waals surface area contributed by atoms with E-state index in [-0.39, 0.29) is 11.8 Å². The largest absolute Gasteiger partial charge is 0.351 e. The second kappa shape index (κ2) is 7.90. The summed E-state index contributed by atoms with van der Waals surface area (Å²) in [7, 11) is 0. The Morgan fingerprint density at radius 2 is 2.00 bits per heavy atom. The SMILES string of the molecule is CCc1cnc(NC2CCC(C(=O)NCc3ccn[nH]3)CC2)nc1. The van der Waals surface area contributed by atoms with Crippen molar-refractivity contribution in [1.29, 1.82) is 0 Å². The second-order valence-corrected chi connectivity index (χ2v) is 6.26. The average molecular weight is 328 g/mol. The van der Waals surface area contributed by atoms with Gasteiger partial charge in [0.15, 0.2) is 0 Å². The summed E-state index contributed by atoms with van der Waals surface area (Å²) in [6.45, 7) is 2.60. The minimum Gasteiger partial charge on any atom is -0.351 e. The molecule has 1 aliphatic rings. The average Bonchev–Trinajstić information content (AvgIpc) is 3.14. The Hall–Kier alpha value is -2.44. The molecule has 1 saturated carbocycles. The number of aromatic nitrogens is 4. The van der Waals surface area contributed by atoms with Gasteiger partial charge in [0, 0.05) is 30.6 Å². The number of carbonyl (C=O) groups is 1. The maximum absolute atomic E-state index is 12.2. The van der Waals surface area contributed by atoms with E-state index in [2.05, 4.69) is 37.7 Å². The van der Waals surface area contributed by atoms with Gasteiger partial charge in [-0.05, 0) is 43.7 Å². The predicted octanol–water partition coefficient (Wildman–Crippen LogP) is 2.05. The third kappa shape index (κ3) is 4.31. The molecule has 0 aromatic carbocycles. The topological polar surface area (TPSA) is 95.6 Å². The first-order valence-corrected chi connectivity index (χ1v) is 8.58. The Kier molecular flexibility index (Phi) is 5.40. The molecule has 2 aromatic rings. The van der Waals surface area contributed by atoms with Crippen molar-refractivity contribution in [2.24, 2.45) is 5.92 Å². The van der Waals surface area contributed by atoms with Gasteiger partial charge in [-0.2, -0.15) is 5.10 Å². The number of hydrogen-bond acceptors (Lipinski definition) is 5. The van der Waals surface area contributed by atoms with Crippen LogP contribution in [-0.4, -0.2) is 32.1 Å². The Bertz CT molecular complexity index is 632. The standard InChI is InChI=1S/C17H24N6O/c1-2-12-9-19-17(20-10-12)22-14-5-3-13(4-6-14)16(24)18-11-15-7-8-21-23-15/h7-10,13-14H,2-6,11H2,1H3,(H,18,24)(H,21,23)(H,19,20,22). The van der Waals surface area contributed by atoms with E-state index < -0.39 is 0 Å². The molecule has 1 amide bonds. The van der Waals surface area contributed by atoms with Crippen molar-refractivity contribution < 1.29 is 4.79 Å². The van der Waals surface area contributed by atoms with Crippen molar-refractivity contribution in [3.05, 3.63) is 35.9 Å². The fourth-order valence-corrected chi connectivity index (χ4v) is 3.00. The molecule has 0 unspecified atom stereocenters. The Balaban J connectivity index is 1.42. The molecule has 0 aliphatic heterocycles. The first-order valence-electron chi connectivity index (χ1n) is 8.58. The van der Waals surface area contributed by atoms with Crippen LogP contribution in [-0.2, 0) is 17.8 Å². The third-order valence-corrected chi connectivity index (χ3v) is 4.56. The van der Waals surface area contributed by atoms with Gasteiger partial charge in [-0.25, -0.2) is 9.97 Å². The lowest BCUT2D eigenvalue weighted by Crippen LogP contribution is -2.35. The van der Waals surface area contributed by atoms with Crippen LogP contribution < -0.4 is 10.6 Å². The van der Waals surface area contributed by atoms with Gasteiger partial charge < -0.3 is 10.6 Å². The normalized spacial score (nSPS) is 20.5. The molecule has 1 fully saturated rings. The number of aromatic amines is 1. The maximum atomic E-state index is 12.2. The first-order chi connectivity index (χ1) is 11.7. The predicted molar refractivity (Wildman–Crippen MR) is 91.2 cm³/mol. The molecule has 0 atom stereocenters. The quantitative estimate of drug-likeness (QED) is 0.754. The van der Waals surface area contributed by atoms with E-state index in [1.54, 1.807) is 6.20 Å². The van der Waals surface area contributed by atoms with Crippen molar-refractivity contribution in [3.63, 3.8) is 0 Å². The zero-order valence-electron chi connectivity index (χ0n) is 14.0. The number of nitrogens with one attached hydrogen (secondary N) is 3. The zero-order valence-corrected chi connectivity index (χ0v) is 14.0. The number of hydrogen-bond donors (Lipinski definition) is 3. The van der Waals surface area contributed by atoms with Gasteiger partial charge in [0.05, 0.1) is 12.2 Å². The fraction of sp³-hybridized carbons (Fsp3) is 0.529. The van der Waals surface area contributed by atoms with Gasteiger partial charge in [0.1, 0.15) is 0 Å². The summed E-state index contributed by atoms with van der Waals surface area (Å²) in [5.41, 5.74) is 2.06. The molecule has 1 aliphatic carbocycles. The van der Waals surface area contributed by atoms with E-state index in [0.29, 0.717) is 18.5 Å². The highest BCUT2D eigenvalue weighted by atomic mass is 16.1. The van der Waals surface area contributed by atoms with Gasteiger partial charge in [0.25, 0.3) is 0 Å². The number of nitrogens with zero attached hydrogens (tertiary/aromatic N) is 3. The van der Waals surface area contributed by atoms with Crippen LogP contribution in [0, 0.1) is 5.92 Å². The molecule has 0 saturated heterocycles. The van der Waals surface area contributed by atoms with E-state index in [1.807, 2.05) is 18.5 Å². The van der Waals surface area contributed by atoms with Crippen LogP contribution in [0.15, 0.2) is 24.7 Å². The summed E-state index contributed by atoms with van der Waals surface area (Å²) in [6, 6.07) is 2.21. The summed E-state index contributed by atoms with van der Waals surface area (Å²) in [4.78, 5) is 20.9. The number of carbonyl (C=O) groups excluding carboxylic acids is 1. The van der Waals surface area contributed by atoms with Crippen molar-refractivity contribution in [1.82, 2.24) is 25.5 Å². The monoisotopic (exact) mass is 328 g/mol. The van der Waals surface area contributed by atoms with Crippen LogP contribution in [0.5, 0.6) is 0 Å². The number of amides is 1. The van der Waals surface area contributed by atoms with Crippen LogP contribution in [0.3, 0.4) is 0 Å². The molecule has 128 valence electrons. The van der Waals surface area contributed by atoms with E-state index >= 15 is 0 Å². The molecule has 0 radical (unpaired) electrons. The molecule has 3 rings (SSSR count). The summed E-state index contributed by atoms with van der Waals surface area (Å²) < 4.78 is 0. The summed E-state index contributed by atoms with van der Waals surface area (Å²) in [5.74, 6) is 0.903. The molecule has 2 aromatic heterocycles. The van der Waals surface area contributed by atoms with Crippen LogP contribution >= 0.6 is 0 Å². The van der Waals surface area contributed by atoms with E-state index in [0.717, 1.165) is 43.4 Å². The minimum absolute atomic E-state index is 0.0920. The maximum Gasteiger partial charge on any atom is 0.223 e. The number of aryl methyl sites for hydroxylation is 1. The molecule has 0 bridgehead atoms. The van der Waals surface area contributed by atoms with Crippen molar-refractivity contribution in [2.75, 3.05) is 5.32 Å². The van der Waals surface area contributed by atoms with Crippen LogP contribution in [0.25, 0.3) is 0 Å². The Morgan fingerprint density at radius 3 is 2.62 bits per heavy atom.